The monoisotopic (exact) mass is 348 g/mol. The summed E-state index contributed by atoms with van der Waals surface area (Å²) in [4.78, 5) is 38.9. The van der Waals surface area contributed by atoms with Crippen molar-refractivity contribution in [1.29, 1.82) is 0 Å². The van der Waals surface area contributed by atoms with Crippen LogP contribution in [0.5, 0.6) is 0 Å². The van der Waals surface area contributed by atoms with Gasteiger partial charge in [-0.1, -0.05) is 17.7 Å². The largest absolute Gasteiger partial charge is 0.469 e. The molecule has 0 unspecified atom stereocenters. The fourth-order valence-electron chi connectivity index (χ4n) is 1.81. The topological polar surface area (TPSA) is 94.6 Å². The average Bonchev–Trinajstić information content (AvgIpc) is 2.99. The molecule has 2 aromatic rings. The lowest BCUT2D eigenvalue weighted by Crippen LogP contribution is -2.21. The summed E-state index contributed by atoms with van der Waals surface area (Å²) in [5.74, 6) is -1.49. The predicted octanol–water partition coefficient (Wildman–Crippen LogP) is 1.96. The van der Waals surface area contributed by atoms with Crippen LogP contribution in [0.15, 0.2) is 29.6 Å². The summed E-state index contributed by atoms with van der Waals surface area (Å²) in [6, 6.07) is 6.90. The summed E-state index contributed by atoms with van der Waals surface area (Å²) >= 11 is 1.17. The van der Waals surface area contributed by atoms with Gasteiger partial charge in [0.2, 0.25) is 0 Å². The fraction of sp³-hybridized carbons (Fsp3) is 0.250. The first kappa shape index (κ1) is 17.6. The molecule has 0 fully saturated rings. The van der Waals surface area contributed by atoms with Crippen LogP contribution in [0.25, 0.3) is 0 Å². The van der Waals surface area contributed by atoms with Crippen LogP contribution in [0.3, 0.4) is 0 Å². The van der Waals surface area contributed by atoms with Crippen molar-refractivity contribution in [3.05, 3.63) is 46.5 Å². The molecule has 1 heterocycles. The molecular formula is C16H16N2O5S. The van der Waals surface area contributed by atoms with Gasteiger partial charge >= 0.3 is 11.9 Å². The van der Waals surface area contributed by atoms with E-state index in [1.54, 1.807) is 23.6 Å². The van der Waals surface area contributed by atoms with E-state index in [2.05, 4.69) is 15.0 Å². The van der Waals surface area contributed by atoms with Crippen LogP contribution < -0.4 is 5.32 Å². The van der Waals surface area contributed by atoms with Crippen molar-refractivity contribution in [2.75, 3.05) is 19.0 Å². The highest BCUT2D eigenvalue weighted by Gasteiger charge is 2.13. The molecule has 8 heteroatoms. The van der Waals surface area contributed by atoms with Gasteiger partial charge in [-0.2, -0.15) is 0 Å². The van der Waals surface area contributed by atoms with E-state index in [1.165, 1.54) is 18.4 Å². The number of ether oxygens (including phenoxy) is 2. The van der Waals surface area contributed by atoms with Crippen LogP contribution >= 0.6 is 11.3 Å². The van der Waals surface area contributed by atoms with E-state index in [0.29, 0.717) is 16.4 Å². The SMILES string of the molecule is COC(=O)Cc1csc(NC(=O)COC(=O)c2cccc(C)c2)n1. The number of methoxy groups -OCH3 is 1. The van der Waals surface area contributed by atoms with Gasteiger partial charge in [0.1, 0.15) is 0 Å². The van der Waals surface area contributed by atoms with Gasteiger partial charge < -0.3 is 9.47 Å². The molecule has 0 saturated heterocycles. The van der Waals surface area contributed by atoms with Gasteiger partial charge in [0, 0.05) is 5.38 Å². The van der Waals surface area contributed by atoms with Gasteiger partial charge in [-0.15, -0.1) is 11.3 Å². The highest BCUT2D eigenvalue weighted by atomic mass is 32.1. The molecule has 1 aromatic carbocycles. The number of anilines is 1. The number of esters is 2. The number of amides is 1. The van der Waals surface area contributed by atoms with Gasteiger partial charge in [0.25, 0.3) is 5.91 Å². The number of nitrogens with one attached hydrogen (secondary N) is 1. The summed E-state index contributed by atoms with van der Waals surface area (Å²) in [5.41, 5.74) is 1.81. The molecule has 0 saturated carbocycles. The molecule has 0 aliphatic rings. The number of aryl methyl sites for hydroxylation is 1. The fourth-order valence-corrected chi connectivity index (χ4v) is 2.53. The van der Waals surface area contributed by atoms with Crippen molar-refractivity contribution in [2.45, 2.75) is 13.3 Å². The molecule has 0 bridgehead atoms. The zero-order chi connectivity index (χ0) is 17.5. The third kappa shape index (κ3) is 5.17. The van der Waals surface area contributed by atoms with E-state index in [4.69, 9.17) is 4.74 Å². The molecule has 126 valence electrons. The van der Waals surface area contributed by atoms with Gasteiger partial charge in [-0.3, -0.25) is 14.9 Å². The van der Waals surface area contributed by atoms with E-state index >= 15 is 0 Å². The van der Waals surface area contributed by atoms with Crippen molar-refractivity contribution in [2.24, 2.45) is 0 Å². The van der Waals surface area contributed by atoms with Gasteiger partial charge in [0.05, 0.1) is 24.8 Å². The molecule has 1 aromatic heterocycles. The molecule has 0 aliphatic heterocycles. The third-order valence-electron chi connectivity index (χ3n) is 2.94. The van der Waals surface area contributed by atoms with Gasteiger partial charge in [0.15, 0.2) is 11.7 Å². The van der Waals surface area contributed by atoms with E-state index < -0.39 is 24.5 Å². The van der Waals surface area contributed by atoms with Crippen LogP contribution in [0, 0.1) is 6.92 Å². The summed E-state index contributed by atoms with van der Waals surface area (Å²) < 4.78 is 9.50. The molecule has 7 nitrogen and oxygen atoms in total. The maximum atomic E-state index is 11.8. The van der Waals surface area contributed by atoms with Crippen molar-refractivity contribution >= 4 is 34.3 Å². The molecule has 0 spiro atoms. The zero-order valence-electron chi connectivity index (χ0n) is 13.2. The summed E-state index contributed by atoms with van der Waals surface area (Å²) in [7, 11) is 1.29. The minimum absolute atomic E-state index is 0.0330. The second-order valence-electron chi connectivity index (χ2n) is 4.89. The Labute approximate surface area is 142 Å². The van der Waals surface area contributed by atoms with Crippen molar-refractivity contribution < 1.29 is 23.9 Å². The summed E-state index contributed by atoms with van der Waals surface area (Å²) in [6.07, 6.45) is 0.0330. The number of carbonyl (C=O) groups excluding carboxylic acids is 3. The second kappa shape index (κ2) is 8.21. The number of benzene rings is 1. The third-order valence-corrected chi connectivity index (χ3v) is 3.75. The number of carbonyl (C=O) groups is 3. The van der Waals surface area contributed by atoms with E-state index in [0.717, 1.165) is 5.56 Å². The molecule has 24 heavy (non-hydrogen) atoms. The van der Waals surface area contributed by atoms with Crippen LogP contribution in [-0.4, -0.2) is 36.5 Å². The zero-order valence-corrected chi connectivity index (χ0v) is 14.0. The molecule has 1 N–H and O–H groups in total. The summed E-state index contributed by atoms with van der Waals surface area (Å²) in [5, 5.41) is 4.48. The molecule has 0 radical (unpaired) electrons. The first-order valence-electron chi connectivity index (χ1n) is 7.03. The predicted molar refractivity (Wildman–Crippen MR) is 87.9 cm³/mol. The van der Waals surface area contributed by atoms with E-state index in [-0.39, 0.29) is 6.42 Å². The average molecular weight is 348 g/mol. The Balaban J connectivity index is 1.83. The molecule has 1 amide bonds. The number of thiazole rings is 1. The number of hydrogen-bond acceptors (Lipinski definition) is 7. The lowest BCUT2D eigenvalue weighted by Gasteiger charge is -2.05. The van der Waals surface area contributed by atoms with Crippen LogP contribution in [0.1, 0.15) is 21.6 Å². The first-order valence-corrected chi connectivity index (χ1v) is 7.90. The van der Waals surface area contributed by atoms with Crippen molar-refractivity contribution in [1.82, 2.24) is 4.98 Å². The number of hydrogen-bond donors (Lipinski definition) is 1. The van der Waals surface area contributed by atoms with Crippen LogP contribution in [-0.2, 0) is 25.5 Å². The van der Waals surface area contributed by atoms with Crippen LogP contribution in [0.4, 0.5) is 5.13 Å². The minimum atomic E-state index is -0.570. The Morgan fingerprint density at radius 2 is 2.08 bits per heavy atom. The Hall–Kier alpha value is -2.74. The molecule has 0 atom stereocenters. The van der Waals surface area contributed by atoms with Crippen molar-refractivity contribution in [3.63, 3.8) is 0 Å². The Morgan fingerprint density at radius 1 is 1.29 bits per heavy atom. The molecule has 0 aliphatic carbocycles. The Kier molecular flexibility index (Phi) is 6.02. The van der Waals surface area contributed by atoms with E-state index in [9.17, 15) is 14.4 Å². The quantitative estimate of drug-likeness (QED) is 0.802. The maximum absolute atomic E-state index is 11.8. The standard InChI is InChI=1S/C16H16N2O5S/c1-10-4-3-5-11(6-10)15(21)23-8-13(19)18-16-17-12(9-24-16)7-14(20)22-2/h3-6,9H,7-8H2,1-2H3,(H,17,18,19). The minimum Gasteiger partial charge on any atom is -0.469 e. The van der Waals surface area contributed by atoms with Crippen LogP contribution in [0.2, 0.25) is 0 Å². The Bertz CT molecular complexity index is 756. The lowest BCUT2D eigenvalue weighted by molar-refractivity contribution is -0.139. The highest BCUT2D eigenvalue weighted by Crippen LogP contribution is 2.16. The number of rotatable bonds is 6. The van der Waals surface area contributed by atoms with E-state index in [1.807, 2.05) is 13.0 Å². The number of nitrogens with zero attached hydrogens (tertiary/aromatic N) is 1. The Morgan fingerprint density at radius 3 is 2.79 bits per heavy atom. The first-order chi connectivity index (χ1) is 11.5. The maximum Gasteiger partial charge on any atom is 0.338 e. The summed E-state index contributed by atoms with van der Waals surface area (Å²) in [6.45, 7) is 1.44. The van der Waals surface area contributed by atoms with Crippen molar-refractivity contribution in [3.8, 4) is 0 Å². The smallest absolute Gasteiger partial charge is 0.338 e. The van der Waals surface area contributed by atoms with Gasteiger partial charge in [-0.25, -0.2) is 9.78 Å². The molecule has 2 rings (SSSR count). The number of aromatic nitrogens is 1. The van der Waals surface area contributed by atoms with Gasteiger partial charge in [-0.05, 0) is 19.1 Å². The second-order valence-corrected chi connectivity index (χ2v) is 5.75. The highest BCUT2D eigenvalue weighted by molar-refractivity contribution is 7.13. The normalized spacial score (nSPS) is 10.1. The lowest BCUT2D eigenvalue weighted by atomic mass is 10.1. The molecular weight excluding hydrogens is 332 g/mol.